The molecule has 0 heterocycles. The van der Waals surface area contributed by atoms with Gasteiger partial charge in [0, 0.05) is 0 Å². The van der Waals surface area contributed by atoms with Crippen molar-refractivity contribution in [1.29, 1.82) is 0 Å². The molecule has 0 saturated heterocycles. The van der Waals surface area contributed by atoms with Gasteiger partial charge in [-0.25, -0.2) is 0 Å². The molecule has 0 spiro atoms. The van der Waals surface area contributed by atoms with Gasteiger partial charge < -0.3 is 9.05 Å². The minimum absolute atomic E-state index is 0.123. The summed E-state index contributed by atoms with van der Waals surface area (Å²) in [5.74, 6) is 0.604. The fourth-order valence-corrected chi connectivity index (χ4v) is 4.30. The molecule has 0 fully saturated rings. The van der Waals surface area contributed by atoms with E-state index in [1.165, 1.54) is 0 Å². The van der Waals surface area contributed by atoms with E-state index in [4.69, 9.17) is 20.9 Å². The summed E-state index contributed by atoms with van der Waals surface area (Å²) >= 11 is 9.57. The Bertz CT molecular complexity index is 221. The van der Waals surface area contributed by atoms with Crippen LogP contribution in [0.3, 0.4) is 0 Å². The Balaban J connectivity index is 4.07. The van der Waals surface area contributed by atoms with E-state index in [0.29, 0.717) is 5.92 Å². The van der Waals surface area contributed by atoms with Crippen LogP contribution in [0.5, 0.6) is 0 Å². The molecule has 0 aromatic rings. The van der Waals surface area contributed by atoms with E-state index in [2.05, 4.69) is 33.0 Å². The van der Waals surface area contributed by atoms with Crippen LogP contribution in [0.1, 0.15) is 47.5 Å². The lowest BCUT2D eigenvalue weighted by molar-refractivity contribution is 0.153. The topological polar surface area (TPSA) is 18.5 Å². The lowest BCUT2D eigenvalue weighted by Crippen LogP contribution is -2.11. The Morgan fingerprint density at radius 2 is 1.60 bits per heavy atom. The van der Waals surface area contributed by atoms with Gasteiger partial charge in [0.1, 0.15) is 0 Å². The molecular weight excluding hydrogens is 247 g/mol. The highest BCUT2D eigenvalue weighted by molar-refractivity contribution is 8.60. The zero-order chi connectivity index (χ0) is 12.1. The molecule has 0 aliphatic rings. The van der Waals surface area contributed by atoms with E-state index >= 15 is 0 Å². The molecule has 0 aromatic heterocycles. The molecule has 2 nitrogen and oxygen atoms in total. The molecule has 0 radical (unpaired) electrons. The summed E-state index contributed by atoms with van der Waals surface area (Å²) in [6.07, 6.45) is 2.17. The summed E-state index contributed by atoms with van der Waals surface area (Å²) in [6, 6.07) is 0. The van der Waals surface area contributed by atoms with Gasteiger partial charge in [0.2, 0.25) is 5.69 Å². The van der Waals surface area contributed by atoms with Crippen molar-refractivity contribution in [3.63, 3.8) is 0 Å². The maximum atomic E-state index is 5.69. The van der Waals surface area contributed by atoms with E-state index in [9.17, 15) is 0 Å². The van der Waals surface area contributed by atoms with Crippen LogP contribution in [0.15, 0.2) is 0 Å². The van der Waals surface area contributed by atoms with Gasteiger partial charge in [-0.2, -0.15) is 0 Å². The van der Waals surface area contributed by atoms with Crippen molar-refractivity contribution < 1.29 is 9.05 Å². The quantitative estimate of drug-likeness (QED) is 0.546. The van der Waals surface area contributed by atoms with Crippen molar-refractivity contribution in [2.75, 3.05) is 0 Å². The number of hydrogen-bond acceptors (Lipinski definition) is 3. The van der Waals surface area contributed by atoms with E-state index < -0.39 is 5.69 Å². The number of thiol groups is 1. The minimum Gasteiger partial charge on any atom is -0.319 e. The van der Waals surface area contributed by atoms with Crippen molar-refractivity contribution in [2.24, 2.45) is 5.92 Å². The third-order valence-corrected chi connectivity index (χ3v) is 4.34. The van der Waals surface area contributed by atoms with Gasteiger partial charge in [-0.3, -0.25) is 0 Å². The second-order valence-corrected chi connectivity index (χ2v) is 9.53. The van der Waals surface area contributed by atoms with Crippen molar-refractivity contribution in [3.05, 3.63) is 0 Å². The lowest BCUT2D eigenvalue weighted by Gasteiger charge is -2.25. The first-order chi connectivity index (χ1) is 6.76. The van der Waals surface area contributed by atoms with E-state index in [1.807, 2.05) is 13.8 Å². The van der Waals surface area contributed by atoms with Crippen LogP contribution in [-0.4, -0.2) is 12.2 Å². The van der Waals surface area contributed by atoms with E-state index in [-0.39, 0.29) is 12.2 Å². The molecule has 0 rings (SSSR count). The van der Waals surface area contributed by atoms with Gasteiger partial charge >= 0.3 is 0 Å². The summed E-state index contributed by atoms with van der Waals surface area (Å²) < 4.78 is 11.3. The Labute approximate surface area is 104 Å². The molecule has 15 heavy (non-hydrogen) atoms. The van der Waals surface area contributed by atoms with Crippen molar-refractivity contribution in [3.8, 4) is 0 Å². The molecule has 92 valence electrons. The first-order valence-corrected chi connectivity index (χ1v) is 9.25. The van der Waals surface area contributed by atoms with Gasteiger partial charge in [0.25, 0.3) is 0 Å². The van der Waals surface area contributed by atoms with Crippen LogP contribution in [0.2, 0.25) is 0 Å². The number of rotatable bonds is 7. The third-order valence-electron chi connectivity index (χ3n) is 2.00. The Morgan fingerprint density at radius 3 is 2.00 bits per heavy atom. The molecule has 0 aliphatic carbocycles. The largest absolute Gasteiger partial charge is 0.319 e. The minimum atomic E-state index is -2.35. The molecule has 0 amide bonds. The summed E-state index contributed by atoms with van der Waals surface area (Å²) in [7, 11) is 0. The first-order valence-electron chi connectivity index (χ1n) is 5.46. The van der Waals surface area contributed by atoms with Crippen LogP contribution < -0.4 is 0 Å². The Hall–Kier alpha value is 0.920. The zero-order valence-corrected chi connectivity index (χ0v) is 12.9. The normalized spacial score (nSPS) is 19.9. The van der Waals surface area contributed by atoms with Crippen LogP contribution in [-0.2, 0) is 20.9 Å². The molecule has 0 aromatic carbocycles. The molecule has 0 N–H and O–H groups in total. The van der Waals surface area contributed by atoms with Crippen LogP contribution in [0, 0.1) is 5.92 Å². The van der Waals surface area contributed by atoms with Crippen molar-refractivity contribution in [2.45, 2.75) is 59.7 Å². The molecule has 0 saturated carbocycles. The van der Waals surface area contributed by atoms with Gasteiger partial charge in [-0.15, -0.1) is 0 Å². The number of hydrogen-bond donors (Lipinski definition) is 1. The summed E-state index contributed by atoms with van der Waals surface area (Å²) in [5.41, 5.74) is -2.35. The van der Waals surface area contributed by atoms with Crippen molar-refractivity contribution >= 4 is 29.7 Å². The van der Waals surface area contributed by atoms with Gasteiger partial charge in [0.05, 0.1) is 12.2 Å². The predicted molar refractivity (Wildman–Crippen MR) is 74.1 cm³/mol. The highest BCUT2D eigenvalue weighted by Crippen LogP contribution is 2.56. The highest BCUT2D eigenvalue weighted by Gasteiger charge is 2.20. The molecule has 0 bridgehead atoms. The van der Waals surface area contributed by atoms with Gasteiger partial charge in [0.15, 0.2) is 0 Å². The molecule has 5 heteroatoms. The maximum absolute atomic E-state index is 5.69. The van der Waals surface area contributed by atoms with Crippen LogP contribution in [0.4, 0.5) is 0 Å². The second kappa shape index (κ2) is 7.29. The third kappa shape index (κ3) is 8.70. The monoisotopic (exact) mass is 270 g/mol. The second-order valence-electron chi connectivity index (χ2n) is 4.34. The Kier molecular flexibility index (Phi) is 7.73. The van der Waals surface area contributed by atoms with Crippen LogP contribution >= 0.6 is 17.9 Å². The average Bonchev–Trinajstić information content (AvgIpc) is 1.99. The SMILES string of the molecule is CCC(C)OP(=S)(S)OC(C)CC(C)C. The van der Waals surface area contributed by atoms with Gasteiger partial charge in [-0.1, -0.05) is 33.0 Å². The van der Waals surface area contributed by atoms with E-state index in [0.717, 1.165) is 12.8 Å². The fraction of sp³-hybridized carbons (Fsp3) is 1.00. The van der Waals surface area contributed by atoms with E-state index in [1.54, 1.807) is 0 Å². The fourth-order valence-electron chi connectivity index (χ4n) is 1.26. The maximum Gasteiger partial charge on any atom is 0.244 e. The van der Waals surface area contributed by atoms with Crippen LogP contribution in [0.25, 0.3) is 0 Å². The first kappa shape index (κ1) is 15.9. The standard InChI is InChI=1S/C10H23O2PS2/c1-6-9(4)11-13(14,15)12-10(5)7-8(2)3/h8-10H,6-7H2,1-5H3,(H,14,15). The highest BCUT2D eigenvalue weighted by atomic mass is 32.9. The predicted octanol–water partition coefficient (Wildman–Crippen LogP) is 4.41. The summed E-state index contributed by atoms with van der Waals surface area (Å²) in [4.78, 5) is 0. The summed E-state index contributed by atoms with van der Waals surface area (Å²) in [5, 5.41) is 0. The average molecular weight is 270 g/mol. The lowest BCUT2D eigenvalue weighted by atomic mass is 10.1. The zero-order valence-electron chi connectivity index (χ0n) is 10.3. The van der Waals surface area contributed by atoms with Gasteiger partial charge in [-0.05, 0) is 44.4 Å². The Morgan fingerprint density at radius 1 is 1.13 bits per heavy atom. The smallest absolute Gasteiger partial charge is 0.244 e. The molecule has 3 atom stereocenters. The molecule has 3 unspecified atom stereocenters. The molecule has 0 aliphatic heterocycles. The van der Waals surface area contributed by atoms with Crippen molar-refractivity contribution in [1.82, 2.24) is 0 Å². The summed E-state index contributed by atoms with van der Waals surface area (Å²) in [6.45, 7) is 10.4. The molecular formula is C10H23O2PS2.